The molecule has 0 aromatic carbocycles. The number of aromatic nitrogens is 1. The Hall–Kier alpha value is -1.40. The maximum atomic E-state index is 12.0. The third-order valence-electron chi connectivity index (χ3n) is 5.02. The molecule has 0 spiro atoms. The molecule has 22 heavy (non-hydrogen) atoms. The lowest BCUT2D eigenvalue weighted by Crippen LogP contribution is -2.41. The normalized spacial score (nSPS) is 23.2. The van der Waals surface area contributed by atoms with Gasteiger partial charge in [0.25, 0.3) is 0 Å². The summed E-state index contributed by atoms with van der Waals surface area (Å²) < 4.78 is 12.0. The highest BCUT2D eigenvalue weighted by Crippen LogP contribution is 2.36. The molecule has 1 aliphatic heterocycles. The van der Waals surface area contributed by atoms with Gasteiger partial charge in [0.1, 0.15) is 0 Å². The maximum absolute atomic E-state index is 12.0. The number of nitrogens with zero attached hydrogens (tertiary/aromatic N) is 1. The van der Waals surface area contributed by atoms with Crippen molar-refractivity contribution in [3.05, 3.63) is 18.3 Å². The van der Waals surface area contributed by atoms with Crippen molar-refractivity contribution in [1.29, 1.82) is 0 Å². The zero-order valence-electron chi connectivity index (χ0n) is 13.7. The number of hydrogen-bond donors (Lipinski definition) is 1. The second-order valence-corrected chi connectivity index (χ2v) is 7.17. The Kier molecular flexibility index (Phi) is 3.77. The number of amides is 1. The SMILES string of the molecule is CC1(C)OB(c2cc(NC(=O)C3CCC3)ccn2)OC1(C)C. The van der Waals surface area contributed by atoms with E-state index in [2.05, 4.69) is 10.3 Å². The van der Waals surface area contributed by atoms with E-state index in [1.807, 2.05) is 33.8 Å². The minimum absolute atomic E-state index is 0.0947. The first kappa shape index (κ1) is 15.5. The summed E-state index contributed by atoms with van der Waals surface area (Å²) in [6.07, 6.45) is 4.80. The largest absolute Gasteiger partial charge is 0.514 e. The summed E-state index contributed by atoms with van der Waals surface area (Å²) >= 11 is 0. The van der Waals surface area contributed by atoms with E-state index in [0.29, 0.717) is 5.59 Å². The topological polar surface area (TPSA) is 60.5 Å². The van der Waals surface area contributed by atoms with Crippen LogP contribution in [0.25, 0.3) is 0 Å². The van der Waals surface area contributed by atoms with Gasteiger partial charge in [-0.1, -0.05) is 6.42 Å². The Bertz CT molecular complexity index is 569. The summed E-state index contributed by atoms with van der Waals surface area (Å²) in [6, 6.07) is 3.63. The van der Waals surface area contributed by atoms with Gasteiger partial charge in [-0.25, -0.2) is 0 Å². The van der Waals surface area contributed by atoms with Gasteiger partial charge in [-0.3, -0.25) is 9.78 Å². The molecule has 1 aromatic rings. The van der Waals surface area contributed by atoms with E-state index in [4.69, 9.17) is 9.31 Å². The number of pyridine rings is 1. The Balaban J connectivity index is 1.73. The average Bonchev–Trinajstić information content (AvgIpc) is 2.56. The number of rotatable bonds is 3. The van der Waals surface area contributed by atoms with E-state index in [0.717, 1.165) is 24.9 Å². The Morgan fingerprint density at radius 3 is 2.45 bits per heavy atom. The molecule has 118 valence electrons. The van der Waals surface area contributed by atoms with Gasteiger partial charge in [0.05, 0.1) is 16.8 Å². The van der Waals surface area contributed by atoms with Crippen molar-refractivity contribution in [2.24, 2.45) is 5.92 Å². The predicted molar refractivity (Wildman–Crippen MR) is 85.9 cm³/mol. The molecule has 1 aromatic heterocycles. The fourth-order valence-corrected chi connectivity index (χ4v) is 2.53. The molecule has 1 N–H and O–H groups in total. The second-order valence-electron chi connectivity index (χ2n) is 7.17. The number of nitrogens with one attached hydrogen (secondary N) is 1. The van der Waals surface area contributed by atoms with Gasteiger partial charge in [-0.15, -0.1) is 0 Å². The van der Waals surface area contributed by atoms with Crippen LogP contribution in [0.5, 0.6) is 0 Å². The highest BCUT2D eigenvalue weighted by molar-refractivity contribution is 6.61. The molecular weight excluding hydrogens is 279 g/mol. The van der Waals surface area contributed by atoms with E-state index in [1.165, 1.54) is 0 Å². The van der Waals surface area contributed by atoms with Crippen LogP contribution in [-0.2, 0) is 14.1 Å². The first-order valence-corrected chi connectivity index (χ1v) is 7.91. The fourth-order valence-electron chi connectivity index (χ4n) is 2.53. The van der Waals surface area contributed by atoms with Crippen LogP contribution in [0.2, 0.25) is 0 Å². The van der Waals surface area contributed by atoms with Crippen molar-refractivity contribution in [3.63, 3.8) is 0 Å². The molecule has 5 nitrogen and oxygen atoms in total. The summed E-state index contributed by atoms with van der Waals surface area (Å²) in [5, 5.41) is 2.96. The molecule has 1 aliphatic carbocycles. The minimum Gasteiger partial charge on any atom is -0.398 e. The molecule has 0 atom stereocenters. The summed E-state index contributed by atoms with van der Waals surface area (Å²) in [4.78, 5) is 16.4. The number of hydrogen-bond acceptors (Lipinski definition) is 4. The highest BCUT2D eigenvalue weighted by atomic mass is 16.7. The van der Waals surface area contributed by atoms with Crippen LogP contribution in [-0.4, -0.2) is 29.2 Å². The third kappa shape index (κ3) is 2.77. The van der Waals surface area contributed by atoms with Gasteiger partial charge in [-0.05, 0) is 52.7 Å². The fraction of sp³-hybridized carbons (Fsp3) is 0.625. The predicted octanol–water partition coefficient (Wildman–Crippen LogP) is 2.12. The summed E-state index contributed by atoms with van der Waals surface area (Å²) in [5.74, 6) is 0.255. The Labute approximate surface area is 131 Å². The van der Waals surface area contributed by atoms with Gasteiger partial charge in [0, 0.05) is 17.8 Å². The molecule has 0 unspecified atom stereocenters. The van der Waals surface area contributed by atoms with Crippen molar-refractivity contribution in [1.82, 2.24) is 4.98 Å². The maximum Gasteiger partial charge on any atom is 0.514 e. The number of carbonyl (C=O) groups is 1. The zero-order valence-corrected chi connectivity index (χ0v) is 13.7. The molecule has 2 heterocycles. The lowest BCUT2D eigenvalue weighted by atomic mass is 9.83. The molecule has 2 aliphatic rings. The lowest BCUT2D eigenvalue weighted by Gasteiger charge is -2.32. The number of carbonyl (C=O) groups excluding carboxylic acids is 1. The molecule has 1 saturated carbocycles. The van der Waals surface area contributed by atoms with Gasteiger partial charge in [0.15, 0.2) is 0 Å². The van der Waals surface area contributed by atoms with E-state index in [1.54, 1.807) is 12.3 Å². The minimum atomic E-state index is -0.509. The van der Waals surface area contributed by atoms with Crippen LogP contribution in [0, 0.1) is 5.92 Å². The van der Waals surface area contributed by atoms with Crippen LogP contribution >= 0.6 is 0 Å². The molecule has 3 rings (SSSR count). The number of anilines is 1. The third-order valence-corrected chi connectivity index (χ3v) is 5.02. The molecule has 0 bridgehead atoms. The van der Waals surface area contributed by atoms with Crippen LogP contribution < -0.4 is 10.9 Å². The molecule has 6 heteroatoms. The summed E-state index contributed by atoms with van der Waals surface area (Å²) in [6.45, 7) is 8.04. The van der Waals surface area contributed by atoms with Crippen LogP contribution in [0.15, 0.2) is 18.3 Å². The van der Waals surface area contributed by atoms with Crippen molar-refractivity contribution >= 4 is 24.3 Å². The molecule has 0 radical (unpaired) electrons. The Morgan fingerprint density at radius 2 is 1.91 bits per heavy atom. The van der Waals surface area contributed by atoms with Crippen LogP contribution in [0.1, 0.15) is 47.0 Å². The van der Waals surface area contributed by atoms with Gasteiger partial charge in [-0.2, -0.15) is 0 Å². The van der Waals surface area contributed by atoms with Gasteiger partial charge >= 0.3 is 7.12 Å². The molecule has 2 fully saturated rings. The standard InChI is InChI=1S/C16H23BN2O3/c1-15(2)16(3,4)22-17(21-15)13-10-12(8-9-18-13)19-14(20)11-6-5-7-11/h8-11H,5-7H2,1-4H3,(H,18,19,20). The van der Waals surface area contributed by atoms with Crippen molar-refractivity contribution in [2.45, 2.75) is 58.2 Å². The first-order valence-electron chi connectivity index (χ1n) is 7.91. The van der Waals surface area contributed by atoms with Crippen LogP contribution in [0.4, 0.5) is 5.69 Å². The van der Waals surface area contributed by atoms with Gasteiger partial charge in [0.2, 0.25) is 5.91 Å². The summed E-state index contributed by atoms with van der Waals surface area (Å²) in [7, 11) is -0.509. The van der Waals surface area contributed by atoms with Crippen molar-refractivity contribution in [2.75, 3.05) is 5.32 Å². The first-order chi connectivity index (χ1) is 10.3. The van der Waals surface area contributed by atoms with Crippen molar-refractivity contribution in [3.8, 4) is 0 Å². The Morgan fingerprint density at radius 1 is 1.27 bits per heavy atom. The highest BCUT2D eigenvalue weighted by Gasteiger charge is 2.52. The van der Waals surface area contributed by atoms with E-state index >= 15 is 0 Å². The van der Waals surface area contributed by atoms with E-state index < -0.39 is 18.3 Å². The average molecular weight is 302 g/mol. The van der Waals surface area contributed by atoms with Gasteiger partial charge < -0.3 is 14.6 Å². The smallest absolute Gasteiger partial charge is 0.398 e. The zero-order chi connectivity index (χ0) is 16.0. The monoisotopic (exact) mass is 302 g/mol. The second kappa shape index (κ2) is 5.35. The van der Waals surface area contributed by atoms with Crippen LogP contribution in [0.3, 0.4) is 0 Å². The lowest BCUT2D eigenvalue weighted by molar-refractivity contribution is -0.122. The summed E-state index contributed by atoms with van der Waals surface area (Å²) in [5.41, 5.74) is 0.636. The molecular formula is C16H23BN2O3. The van der Waals surface area contributed by atoms with E-state index in [-0.39, 0.29) is 11.8 Å². The molecule has 1 amide bonds. The quantitative estimate of drug-likeness (QED) is 0.869. The molecule has 1 saturated heterocycles. The van der Waals surface area contributed by atoms with E-state index in [9.17, 15) is 4.79 Å². The van der Waals surface area contributed by atoms with Crippen molar-refractivity contribution < 1.29 is 14.1 Å².